The number of rotatable bonds is 4. The lowest BCUT2D eigenvalue weighted by atomic mass is 9.90. The van der Waals surface area contributed by atoms with E-state index in [4.69, 9.17) is 16.7 Å². The zero-order chi connectivity index (χ0) is 22.4. The molecule has 160 valence electrons. The van der Waals surface area contributed by atoms with Crippen LogP contribution in [0.5, 0.6) is 0 Å². The van der Waals surface area contributed by atoms with Crippen molar-refractivity contribution in [1.29, 1.82) is 0 Å². The molecule has 1 N–H and O–H groups in total. The number of carbonyl (C=O) groups is 2. The number of hydrogen-bond acceptors (Lipinski definition) is 4. The summed E-state index contributed by atoms with van der Waals surface area (Å²) in [5.74, 6) is -3.02. The van der Waals surface area contributed by atoms with Crippen LogP contribution in [0.4, 0.5) is 13.2 Å². The van der Waals surface area contributed by atoms with E-state index in [1.54, 1.807) is 6.92 Å². The monoisotopic (exact) mass is 449 g/mol. The first-order valence-electron chi connectivity index (χ1n) is 9.29. The van der Waals surface area contributed by atoms with Gasteiger partial charge in [-0.25, -0.2) is 27.6 Å². The summed E-state index contributed by atoms with van der Waals surface area (Å²) >= 11 is 6.07. The molecule has 1 aromatic carbocycles. The average Bonchev–Trinajstić information content (AvgIpc) is 3.10. The molecule has 1 aliphatic rings. The van der Waals surface area contributed by atoms with E-state index >= 15 is 0 Å². The normalized spacial score (nSPS) is 18.0. The van der Waals surface area contributed by atoms with Crippen LogP contribution in [0.2, 0.25) is 5.15 Å². The van der Waals surface area contributed by atoms with Crippen molar-refractivity contribution in [3.05, 3.63) is 75.1 Å². The Morgan fingerprint density at radius 1 is 1.26 bits per heavy atom. The van der Waals surface area contributed by atoms with E-state index in [9.17, 15) is 22.8 Å². The van der Waals surface area contributed by atoms with Crippen molar-refractivity contribution in [2.24, 2.45) is 0 Å². The number of halogens is 4. The SMILES string of the molecule is Cc1ccnc(Cl)c1C(=O)c1nn(-c2ccc(C(=O)O)cc2F)c2c1C(F)C(F)CC2. The van der Waals surface area contributed by atoms with Gasteiger partial charge in [0.1, 0.15) is 28.5 Å². The van der Waals surface area contributed by atoms with E-state index in [0.717, 1.165) is 22.9 Å². The second-order valence-electron chi connectivity index (χ2n) is 7.17. The van der Waals surface area contributed by atoms with E-state index in [-0.39, 0.29) is 51.8 Å². The molecular formula is C21H15ClF3N3O3. The number of nitrogens with zero attached hydrogens (tertiary/aromatic N) is 3. The first-order chi connectivity index (χ1) is 14.7. The molecule has 0 spiro atoms. The van der Waals surface area contributed by atoms with Gasteiger partial charge in [-0.15, -0.1) is 0 Å². The molecule has 2 aromatic heterocycles. The highest BCUT2D eigenvalue weighted by atomic mass is 35.5. The third-order valence-corrected chi connectivity index (χ3v) is 5.54. The lowest BCUT2D eigenvalue weighted by Crippen LogP contribution is -2.21. The summed E-state index contributed by atoms with van der Waals surface area (Å²) in [6.45, 7) is 1.61. The molecule has 2 atom stereocenters. The van der Waals surface area contributed by atoms with Gasteiger partial charge in [0.15, 0.2) is 6.17 Å². The summed E-state index contributed by atoms with van der Waals surface area (Å²) in [6.07, 6.45) is -2.74. The molecule has 10 heteroatoms. The van der Waals surface area contributed by atoms with Crippen LogP contribution in [0.3, 0.4) is 0 Å². The van der Waals surface area contributed by atoms with Crippen molar-refractivity contribution in [2.75, 3.05) is 0 Å². The summed E-state index contributed by atoms with van der Waals surface area (Å²) in [7, 11) is 0. The summed E-state index contributed by atoms with van der Waals surface area (Å²) in [5, 5.41) is 13.0. The molecule has 0 aliphatic heterocycles. The highest BCUT2D eigenvalue weighted by Crippen LogP contribution is 2.39. The van der Waals surface area contributed by atoms with E-state index in [2.05, 4.69) is 10.1 Å². The Morgan fingerprint density at radius 3 is 2.65 bits per heavy atom. The molecule has 2 unspecified atom stereocenters. The van der Waals surface area contributed by atoms with Gasteiger partial charge in [-0.3, -0.25) is 4.79 Å². The van der Waals surface area contributed by atoms with Gasteiger partial charge in [0.25, 0.3) is 0 Å². The van der Waals surface area contributed by atoms with Crippen LogP contribution in [0.1, 0.15) is 55.8 Å². The molecule has 4 rings (SSSR count). The lowest BCUT2D eigenvalue weighted by molar-refractivity contribution is 0.0696. The van der Waals surface area contributed by atoms with Gasteiger partial charge in [0.2, 0.25) is 5.78 Å². The van der Waals surface area contributed by atoms with Crippen molar-refractivity contribution in [1.82, 2.24) is 14.8 Å². The maximum Gasteiger partial charge on any atom is 0.335 e. The fourth-order valence-corrected chi connectivity index (χ4v) is 3.98. The number of pyridine rings is 1. The van der Waals surface area contributed by atoms with Crippen LogP contribution in [0.15, 0.2) is 30.5 Å². The van der Waals surface area contributed by atoms with Crippen LogP contribution >= 0.6 is 11.6 Å². The lowest BCUT2D eigenvalue weighted by Gasteiger charge is -2.21. The number of ketones is 1. The number of alkyl halides is 2. The summed E-state index contributed by atoms with van der Waals surface area (Å²) < 4.78 is 44.8. The molecule has 0 amide bonds. The number of aryl methyl sites for hydroxylation is 1. The van der Waals surface area contributed by atoms with E-state index in [1.807, 2.05) is 0 Å². The number of hydrogen-bond donors (Lipinski definition) is 1. The number of carbonyl (C=O) groups excluding carboxylic acids is 1. The number of aromatic nitrogens is 3. The van der Waals surface area contributed by atoms with Crippen LogP contribution < -0.4 is 0 Å². The van der Waals surface area contributed by atoms with Gasteiger partial charge in [0.05, 0.1) is 16.8 Å². The highest BCUT2D eigenvalue weighted by Gasteiger charge is 2.39. The molecule has 6 nitrogen and oxygen atoms in total. The van der Waals surface area contributed by atoms with E-state index in [1.165, 1.54) is 12.3 Å². The Bertz CT molecular complexity index is 1210. The molecule has 31 heavy (non-hydrogen) atoms. The predicted octanol–water partition coefficient (Wildman–Crippen LogP) is 4.59. The first-order valence-corrected chi connectivity index (χ1v) is 9.67. The zero-order valence-electron chi connectivity index (χ0n) is 16.1. The number of carboxylic acids is 1. The van der Waals surface area contributed by atoms with Crippen molar-refractivity contribution in [3.63, 3.8) is 0 Å². The number of benzene rings is 1. The van der Waals surface area contributed by atoms with Gasteiger partial charge in [-0.05, 0) is 49.6 Å². The van der Waals surface area contributed by atoms with Crippen LogP contribution in [-0.4, -0.2) is 37.8 Å². The summed E-state index contributed by atoms with van der Waals surface area (Å²) in [6, 6.07) is 4.66. The molecule has 0 bridgehead atoms. The Kier molecular flexibility index (Phi) is 5.30. The molecule has 0 saturated carbocycles. The molecule has 1 aliphatic carbocycles. The fourth-order valence-electron chi connectivity index (χ4n) is 3.69. The Hall–Kier alpha value is -3.20. The maximum absolute atomic E-state index is 14.9. The quantitative estimate of drug-likeness (QED) is 0.465. The largest absolute Gasteiger partial charge is 0.478 e. The molecular weight excluding hydrogens is 435 g/mol. The molecule has 2 heterocycles. The van der Waals surface area contributed by atoms with E-state index < -0.39 is 29.9 Å². The van der Waals surface area contributed by atoms with Crippen LogP contribution in [0, 0.1) is 12.7 Å². The minimum Gasteiger partial charge on any atom is -0.478 e. The van der Waals surface area contributed by atoms with Gasteiger partial charge >= 0.3 is 5.97 Å². The first kappa shape index (κ1) is 21.0. The molecule has 0 saturated heterocycles. The third-order valence-electron chi connectivity index (χ3n) is 5.25. The van der Waals surface area contributed by atoms with Gasteiger partial charge < -0.3 is 5.11 Å². The van der Waals surface area contributed by atoms with Crippen molar-refractivity contribution in [2.45, 2.75) is 32.1 Å². The standard InChI is InChI=1S/C21H15ClF3N3O3/c1-9-6-7-26-20(22)15(9)19(29)18-16-14(5-3-11(23)17(16)25)28(27-18)13-4-2-10(21(30)31)8-12(13)24/h2,4,6-8,11,17H,3,5H2,1H3,(H,30,31). The minimum atomic E-state index is -2.13. The fraction of sp³-hybridized carbons (Fsp3) is 0.238. The average molecular weight is 450 g/mol. The van der Waals surface area contributed by atoms with Crippen LogP contribution in [-0.2, 0) is 6.42 Å². The Morgan fingerprint density at radius 2 is 2.00 bits per heavy atom. The van der Waals surface area contributed by atoms with Gasteiger partial charge in [-0.1, -0.05) is 11.6 Å². The highest BCUT2D eigenvalue weighted by molar-refractivity contribution is 6.34. The summed E-state index contributed by atoms with van der Waals surface area (Å²) in [5.41, 5.74) is -0.513. The smallest absolute Gasteiger partial charge is 0.335 e. The van der Waals surface area contributed by atoms with Crippen molar-refractivity contribution < 1.29 is 27.9 Å². The number of carboxylic acid groups (broad SMARTS) is 1. The molecule has 0 fully saturated rings. The number of aromatic carboxylic acids is 1. The van der Waals surface area contributed by atoms with Gasteiger partial charge in [0, 0.05) is 11.8 Å². The molecule has 0 radical (unpaired) electrons. The van der Waals surface area contributed by atoms with Crippen molar-refractivity contribution >= 4 is 23.4 Å². The van der Waals surface area contributed by atoms with Crippen molar-refractivity contribution in [3.8, 4) is 5.69 Å². The molecule has 3 aromatic rings. The Balaban J connectivity index is 1.93. The minimum absolute atomic E-state index is 0.00787. The van der Waals surface area contributed by atoms with Crippen LogP contribution in [0.25, 0.3) is 5.69 Å². The maximum atomic E-state index is 14.9. The van der Waals surface area contributed by atoms with Gasteiger partial charge in [-0.2, -0.15) is 5.10 Å². The zero-order valence-corrected chi connectivity index (χ0v) is 16.8. The summed E-state index contributed by atoms with van der Waals surface area (Å²) in [4.78, 5) is 28.2. The number of fused-ring (bicyclic) bond motifs is 1. The second-order valence-corrected chi connectivity index (χ2v) is 7.53. The topological polar surface area (TPSA) is 85.1 Å². The predicted molar refractivity (Wildman–Crippen MR) is 105 cm³/mol. The second kappa shape index (κ2) is 7.81. The Labute approximate surface area is 179 Å². The van der Waals surface area contributed by atoms with E-state index in [0.29, 0.717) is 5.56 Å². The third kappa shape index (κ3) is 3.48.